The Kier molecular flexibility index (Phi) is 5.36. The van der Waals surface area contributed by atoms with E-state index in [2.05, 4.69) is 19.9 Å². The molecule has 0 spiro atoms. The molecule has 2 aromatic rings. The number of allylic oxidation sites excluding steroid dienone is 3. The predicted octanol–water partition coefficient (Wildman–Crippen LogP) is 4.37. The van der Waals surface area contributed by atoms with Crippen LogP contribution in [-0.4, -0.2) is 26.8 Å². The van der Waals surface area contributed by atoms with Crippen LogP contribution in [-0.2, 0) is 4.79 Å². The average Bonchev–Trinajstić information content (AvgIpc) is 3.30. The Morgan fingerprint density at radius 3 is 2.57 bits per heavy atom. The quantitative estimate of drug-likeness (QED) is 0.698. The van der Waals surface area contributed by atoms with Gasteiger partial charge >= 0.3 is 0 Å². The zero-order valence-corrected chi connectivity index (χ0v) is 20.2. The van der Waals surface area contributed by atoms with Gasteiger partial charge in [-0.1, -0.05) is 19.9 Å². The van der Waals surface area contributed by atoms with Gasteiger partial charge in [-0.2, -0.15) is 5.26 Å². The number of nitriles is 1. The number of fused-ring (bicyclic) bond motifs is 1. The van der Waals surface area contributed by atoms with Gasteiger partial charge in [-0.3, -0.25) is 9.69 Å². The number of anilines is 1. The summed E-state index contributed by atoms with van der Waals surface area (Å²) in [7, 11) is 3.15. The first kappa shape index (κ1) is 22.7. The molecular weight excluding hydrogens is 446 g/mol. The summed E-state index contributed by atoms with van der Waals surface area (Å²) in [4.78, 5) is 15.5. The smallest absolute Gasteiger partial charge is 0.231 e. The highest BCUT2D eigenvalue weighted by atomic mass is 16.7. The second-order valence-corrected chi connectivity index (χ2v) is 9.63. The molecule has 2 N–H and O–H groups in total. The minimum Gasteiger partial charge on any atom is -0.497 e. The Labute approximate surface area is 204 Å². The number of nitrogens with two attached hydrogens (primary N) is 1. The number of hydrogen-bond acceptors (Lipinski definition) is 8. The second kappa shape index (κ2) is 8.27. The lowest BCUT2D eigenvalue weighted by Crippen LogP contribution is -2.42. The van der Waals surface area contributed by atoms with Gasteiger partial charge in [0, 0.05) is 23.8 Å². The van der Waals surface area contributed by atoms with Crippen LogP contribution in [0, 0.1) is 16.7 Å². The fourth-order valence-corrected chi connectivity index (χ4v) is 5.18. The lowest BCUT2D eigenvalue weighted by atomic mass is 9.68. The normalized spacial score (nSPS) is 20.5. The van der Waals surface area contributed by atoms with E-state index < -0.39 is 5.92 Å². The Balaban J connectivity index is 1.78. The van der Waals surface area contributed by atoms with Crippen molar-refractivity contribution in [1.29, 1.82) is 5.26 Å². The molecule has 5 rings (SSSR count). The van der Waals surface area contributed by atoms with Crippen molar-refractivity contribution >= 4 is 11.5 Å². The molecule has 0 bridgehead atoms. The number of hydrogen-bond donors (Lipinski definition) is 1. The average molecular weight is 474 g/mol. The van der Waals surface area contributed by atoms with Gasteiger partial charge in [0.25, 0.3) is 0 Å². The molecule has 2 aliphatic heterocycles. The third-order valence-electron chi connectivity index (χ3n) is 6.74. The van der Waals surface area contributed by atoms with Crippen LogP contribution in [0.25, 0.3) is 0 Å². The van der Waals surface area contributed by atoms with Crippen molar-refractivity contribution in [3.05, 3.63) is 64.6 Å². The standard InChI is InChI=1S/C27H27N3O5/c1-27(2)11-19-25(20(31)12-27)24(15-5-7-22-23(9-15)35-14-34-22)17(13-28)26(29)30(19)18-10-16(32-3)6-8-21(18)33-4/h5-10,24H,11-12,14,29H2,1-4H3. The second-order valence-electron chi connectivity index (χ2n) is 9.63. The number of carbonyl (C=O) groups is 1. The number of rotatable bonds is 4. The van der Waals surface area contributed by atoms with E-state index in [9.17, 15) is 10.1 Å². The highest BCUT2D eigenvalue weighted by Gasteiger charge is 2.45. The summed E-state index contributed by atoms with van der Waals surface area (Å²) >= 11 is 0. The molecule has 0 fully saturated rings. The molecule has 8 nitrogen and oxygen atoms in total. The first-order valence-corrected chi connectivity index (χ1v) is 11.4. The summed E-state index contributed by atoms with van der Waals surface area (Å²) in [5.74, 6) is 2.01. The zero-order chi connectivity index (χ0) is 24.9. The molecule has 2 aromatic carbocycles. The fraction of sp³-hybridized carbons (Fsp3) is 0.333. The molecule has 0 saturated heterocycles. The molecular formula is C27H27N3O5. The first-order valence-electron chi connectivity index (χ1n) is 11.4. The van der Waals surface area contributed by atoms with E-state index in [0.29, 0.717) is 52.7 Å². The van der Waals surface area contributed by atoms with Crippen molar-refractivity contribution in [1.82, 2.24) is 0 Å². The van der Waals surface area contributed by atoms with Crippen molar-refractivity contribution in [2.45, 2.75) is 32.6 Å². The van der Waals surface area contributed by atoms with E-state index in [0.717, 1.165) is 11.3 Å². The lowest BCUT2D eigenvalue weighted by molar-refractivity contribution is -0.118. The van der Waals surface area contributed by atoms with Crippen molar-refractivity contribution < 1.29 is 23.7 Å². The largest absolute Gasteiger partial charge is 0.497 e. The van der Waals surface area contributed by atoms with Crippen molar-refractivity contribution in [2.24, 2.45) is 11.1 Å². The molecule has 0 saturated carbocycles. The highest BCUT2D eigenvalue weighted by molar-refractivity contribution is 6.02. The Morgan fingerprint density at radius 2 is 1.86 bits per heavy atom. The zero-order valence-electron chi connectivity index (χ0n) is 20.2. The van der Waals surface area contributed by atoms with Gasteiger partial charge in [-0.05, 0) is 41.7 Å². The summed E-state index contributed by atoms with van der Waals surface area (Å²) < 4.78 is 22.1. The van der Waals surface area contributed by atoms with Gasteiger partial charge in [-0.25, -0.2) is 0 Å². The van der Waals surface area contributed by atoms with E-state index in [4.69, 9.17) is 24.7 Å². The van der Waals surface area contributed by atoms with Gasteiger partial charge in [0.1, 0.15) is 17.3 Å². The Morgan fingerprint density at radius 1 is 1.09 bits per heavy atom. The molecule has 180 valence electrons. The topological polar surface area (TPSA) is 107 Å². The maximum atomic E-state index is 13.7. The van der Waals surface area contributed by atoms with E-state index in [-0.39, 0.29) is 23.8 Å². The van der Waals surface area contributed by atoms with E-state index in [1.165, 1.54) is 0 Å². The predicted molar refractivity (Wildman–Crippen MR) is 129 cm³/mol. The summed E-state index contributed by atoms with van der Waals surface area (Å²) in [6.45, 7) is 4.26. The number of methoxy groups -OCH3 is 2. The summed E-state index contributed by atoms with van der Waals surface area (Å²) in [5, 5.41) is 10.3. The number of carbonyl (C=O) groups excluding carboxylic acids is 1. The highest BCUT2D eigenvalue weighted by Crippen LogP contribution is 2.52. The van der Waals surface area contributed by atoms with Crippen molar-refractivity contribution in [3.63, 3.8) is 0 Å². The van der Waals surface area contributed by atoms with E-state index in [1.54, 1.807) is 43.4 Å². The van der Waals surface area contributed by atoms with Crippen LogP contribution in [0.1, 0.15) is 38.2 Å². The van der Waals surface area contributed by atoms with Crippen LogP contribution in [0.3, 0.4) is 0 Å². The minimum atomic E-state index is -0.610. The first-order chi connectivity index (χ1) is 16.8. The van der Waals surface area contributed by atoms with Crippen LogP contribution in [0.4, 0.5) is 5.69 Å². The monoisotopic (exact) mass is 473 g/mol. The number of ether oxygens (including phenoxy) is 4. The maximum Gasteiger partial charge on any atom is 0.231 e. The number of benzene rings is 2. The molecule has 1 atom stereocenters. The van der Waals surface area contributed by atoms with E-state index in [1.807, 2.05) is 12.1 Å². The molecule has 2 heterocycles. The van der Waals surface area contributed by atoms with Crippen LogP contribution < -0.4 is 29.6 Å². The SMILES string of the molecule is COc1ccc(OC)c(N2C(N)=C(C#N)C(c3ccc4c(c3)OCO4)C3=C2CC(C)(C)CC3=O)c1. The third-order valence-corrected chi connectivity index (χ3v) is 6.74. The molecule has 8 heteroatoms. The molecule has 1 aliphatic carbocycles. The van der Waals surface area contributed by atoms with Crippen LogP contribution in [0.2, 0.25) is 0 Å². The van der Waals surface area contributed by atoms with Crippen LogP contribution >= 0.6 is 0 Å². The minimum absolute atomic E-state index is 0.00831. The Bertz CT molecular complexity index is 1330. The summed E-state index contributed by atoms with van der Waals surface area (Å²) in [5.41, 5.74) is 9.45. The van der Waals surface area contributed by atoms with Crippen molar-refractivity contribution in [3.8, 4) is 29.1 Å². The van der Waals surface area contributed by atoms with Crippen LogP contribution in [0.5, 0.6) is 23.0 Å². The van der Waals surface area contributed by atoms with E-state index >= 15 is 0 Å². The van der Waals surface area contributed by atoms with Gasteiger partial charge in [0.15, 0.2) is 17.3 Å². The molecule has 1 unspecified atom stereocenters. The molecule has 0 radical (unpaired) electrons. The molecule has 0 amide bonds. The Hall–Kier alpha value is -4.12. The fourth-order valence-electron chi connectivity index (χ4n) is 5.18. The maximum absolute atomic E-state index is 13.7. The molecule has 0 aromatic heterocycles. The summed E-state index contributed by atoms with van der Waals surface area (Å²) in [6, 6.07) is 13.2. The third kappa shape index (κ3) is 3.64. The van der Waals surface area contributed by atoms with Crippen LogP contribution in [0.15, 0.2) is 59.1 Å². The lowest BCUT2D eigenvalue weighted by Gasteiger charge is -2.44. The van der Waals surface area contributed by atoms with Crippen molar-refractivity contribution in [2.75, 3.05) is 25.9 Å². The number of nitrogens with zero attached hydrogens (tertiary/aromatic N) is 2. The van der Waals surface area contributed by atoms with Gasteiger partial charge < -0.3 is 24.7 Å². The summed E-state index contributed by atoms with van der Waals surface area (Å²) in [6.07, 6.45) is 0.962. The van der Waals surface area contributed by atoms with Gasteiger partial charge in [0.05, 0.1) is 37.5 Å². The van der Waals surface area contributed by atoms with Gasteiger partial charge in [-0.15, -0.1) is 0 Å². The van der Waals surface area contributed by atoms with Gasteiger partial charge in [0.2, 0.25) is 6.79 Å². The molecule has 35 heavy (non-hydrogen) atoms. The number of Topliss-reactive ketones (excluding diaryl/α,β-unsaturated/α-hetero) is 1. The molecule has 3 aliphatic rings. The number of ketones is 1.